The van der Waals surface area contributed by atoms with Crippen LogP contribution >= 0.6 is 0 Å². The summed E-state index contributed by atoms with van der Waals surface area (Å²) >= 11 is 0. The molecule has 14 nitrogen and oxygen atoms in total. The Bertz CT molecular complexity index is 8510. The number of furan rings is 5. The van der Waals surface area contributed by atoms with Gasteiger partial charge in [0, 0.05) is 191 Å². The minimum Gasteiger partial charge on any atom is -0.454 e. The number of hydrogen-bond donors (Lipinski definition) is 0. The van der Waals surface area contributed by atoms with Crippen molar-refractivity contribution in [3.8, 4) is 56.3 Å². The lowest BCUT2D eigenvalue weighted by Crippen LogP contribution is -2.32. The minimum absolute atomic E-state index is 0.666. The summed E-state index contributed by atoms with van der Waals surface area (Å²) in [4.78, 5) is 17.5. The van der Waals surface area contributed by atoms with E-state index >= 15 is 0 Å². The van der Waals surface area contributed by atoms with Gasteiger partial charge in [-0.25, -0.2) is 18.3 Å². The molecule has 0 saturated carbocycles. The molecule has 26 rings (SSSR count). The van der Waals surface area contributed by atoms with E-state index in [2.05, 4.69) is 375 Å². The number of nitrogens with zero attached hydrogens (tertiary/aromatic N) is 9. The van der Waals surface area contributed by atoms with Gasteiger partial charge in [0.25, 0.3) is 0 Å². The SMILES string of the molecule is Cc1ccc2c(oc3c2ccc2cccnc23)c1-c1cccc[n+]1C.Cc1ccc2c(oc3c4cccnc4ccc23)c1-c1cccc[n+]1C.Cc1ccc2c(oc3c4ccncc4ccc23)c1-c1cccc[n+]1C.Cc1ccc2c(oc3c4cnccc4ccc23)c1-c1cccc[n+]1C.[2H]C(C)(C)c1cccc2c1ccc(-c1c(C)c(C)cc3c1oc1c4ccccc4ccc31)[n+]2C. The molecule has 0 radical (unpaired) electrons. The Kier molecular flexibility index (Phi) is 20.3. The first kappa shape index (κ1) is 81.1. The summed E-state index contributed by atoms with van der Waals surface area (Å²) in [6, 6.07) is 97.0. The summed E-state index contributed by atoms with van der Waals surface area (Å²) < 4.78 is 51.8. The van der Waals surface area contributed by atoms with Gasteiger partial charge in [-0.1, -0.05) is 129 Å². The summed E-state index contributed by atoms with van der Waals surface area (Å²) in [5.41, 5.74) is 32.0. The predicted molar refractivity (Wildman–Crippen MR) is 540 cm³/mol. The molecule has 26 aromatic rings. The average Bonchev–Trinajstić information content (AvgIpc) is 1.56. The van der Waals surface area contributed by atoms with Gasteiger partial charge < -0.3 is 22.1 Å². The smallest absolute Gasteiger partial charge is 0.216 e. The lowest BCUT2D eigenvalue weighted by atomic mass is 9.94. The van der Waals surface area contributed by atoms with Crippen molar-refractivity contribution < 1.29 is 46.3 Å². The van der Waals surface area contributed by atoms with Crippen molar-refractivity contribution in [2.45, 2.75) is 61.3 Å². The number of fused-ring (bicyclic) bond motifs is 26. The van der Waals surface area contributed by atoms with Crippen LogP contribution in [0.4, 0.5) is 0 Å². The van der Waals surface area contributed by atoms with Crippen LogP contribution in [0.5, 0.6) is 0 Å². The highest BCUT2D eigenvalue weighted by Gasteiger charge is 2.30. The molecule has 0 bridgehead atoms. The summed E-state index contributed by atoms with van der Waals surface area (Å²) in [6.45, 7) is 16.8. The Balaban J connectivity index is 0.0000000980. The molecule has 12 aromatic carbocycles. The van der Waals surface area contributed by atoms with Gasteiger partial charge in [-0.2, -0.15) is 4.57 Å². The maximum absolute atomic E-state index is 8.62. The topological polar surface area (TPSA) is 137 Å². The van der Waals surface area contributed by atoms with Gasteiger partial charge in [0.05, 0.1) is 33.3 Å². The van der Waals surface area contributed by atoms with Gasteiger partial charge in [0.15, 0.2) is 30.4 Å². The van der Waals surface area contributed by atoms with Gasteiger partial charge in [-0.05, 0) is 200 Å². The standard InChI is InChI=1S/C31H28NO.4C22H17N2O/c1-18(2)22-11-8-12-27-24(22)15-16-28(32(27)5)29-20(4)19(3)17-26-25-14-13-21-9-6-7-10-23(21)30(25)33-31(26)29;1-14-8-10-16-17-11-9-15-6-5-12-23-20(15)22(17)25-21(16)19(14)18-7-3-4-13-24(18)2;1-14-8-9-16-15-10-11-18-17(6-5-12-23-18)21(15)25-22(16)20(14)19-7-3-4-13-24(19)2;1-14-6-8-18-17-9-7-15-13-23-11-10-16(15)21(17)25-22(18)20(14)19-5-3-4-12-24(19)2;1-14-6-8-17-16-9-7-15-10-11-23-13-18(15)21(16)25-22(17)20(14)19-5-3-4-12-24(19)2/h6-18H,1-5H3;4*3-13H,1-2H3/q5*+1/i18D;;;;. The summed E-state index contributed by atoms with van der Waals surface area (Å²) in [5, 5.41) is 21.4. The molecule has 0 aliphatic rings. The van der Waals surface area contributed by atoms with Crippen LogP contribution in [0, 0.1) is 41.5 Å². The van der Waals surface area contributed by atoms with E-state index in [-0.39, 0.29) is 0 Å². The number of aryl methyl sites for hydroxylation is 10. The van der Waals surface area contributed by atoms with Crippen molar-refractivity contribution in [2.24, 2.45) is 35.2 Å². The van der Waals surface area contributed by atoms with Crippen LogP contribution in [-0.2, 0) is 35.2 Å². The lowest BCUT2D eigenvalue weighted by molar-refractivity contribution is -0.660. The summed E-state index contributed by atoms with van der Waals surface area (Å²) in [6.07, 6.45) is 19.3. The Morgan fingerprint density at radius 1 is 0.263 bits per heavy atom. The van der Waals surface area contributed by atoms with E-state index in [1.165, 1.54) is 38.8 Å². The van der Waals surface area contributed by atoms with Gasteiger partial charge in [0.1, 0.15) is 91.0 Å². The Morgan fingerprint density at radius 2 is 0.654 bits per heavy atom. The molecule has 0 N–H and O–H groups in total. The van der Waals surface area contributed by atoms with Crippen LogP contribution in [0.2, 0.25) is 0 Å². The van der Waals surface area contributed by atoms with E-state index in [1.54, 1.807) is 0 Å². The molecule has 0 aliphatic carbocycles. The van der Waals surface area contributed by atoms with Gasteiger partial charge in [-0.15, -0.1) is 0 Å². The number of aromatic nitrogens is 9. The molecule has 14 heteroatoms. The molecular formula is C119H96N9O5+5. The van der Waals surface area contributed by atoms with Crippen LogP contribution in [0.15, 0.2) is 363 Å². The third-order valence-electron chi connectivity index (χ3n) is 26.9. The van der Waals surface area contributed by atoms with E-state index in [4.69, 9.17) is 23.5 Å². The molecule has 133 heavy (non-hydrogen) atoms. The number of hydrogen-bond acceptors (Lipinski definition) is 9. The van der Waals surface area contributed by atoms with Gasteiger partial charge in [0.2, 0.25) is 34.0 Å². The Hall–Kier alpha value is -16.5. The predicted octanol–water partition coefficient (Wildman–Crippen LogP) is 27.9. The Morgan fingerprint density at radius 3 is 1.20 bits per heavy atom. The summed E-state index contributed by atoms with van der Waals surface area (Å²) in [7, 11) is 10.4. The monoisotopic (exact) mass is 1730 g/mol. The van der Waals surface area contributed by atoms with Crippen LogP contribution < -0.4 is 22.8 Å². The molecule has 0 unspecified atom stereocenters. The van der Waals surface area contributed by atoms with Crippen molar-refractivity contribution in [2.75, 3.05) is 0 Å². The highest BCUT2D eigenvalue weighted by Crippen LogP contribution is 2.47. The van der Waals surface area contributed by atoms with Crippen molar-refractivity contribution in [1.29, 1.82) is 0 Å². The maximum Gasteiger partial charge on any atom is 0.216 e. The number of pyridine rings is 9. The first-order valence-corrected chi connectivity index (χ1v) is 45.0. The number of rotatable bonds is 6. The van der Waals surface area contributed by atoms with E-state index in [1.807, 2.05) is 99.6 Å². The first-order chi connectivity index (χ1) is 65.2. The number of benzene rings is 12. The second-order valence-electron chi connectivity index (χ2n) is 35.2. The van der Waals surface area contributed by atoms with Crippen LogP contribution in [0.25, 0.3) is 231 Å². The van der Waals surface area contributed by atoms with Crippen LogP contribution in [0.1, 0.15) is 60.1 Å². The lowest BCUT2D eigenvalue weighted by Gasteiger charge is -2.12. The zero-order valence-electron chi connectivity index (χ0n) is 77.4. The zero-order chi connectivity index (χ0) is 91.6. The Labute approximate surface area is 768 Å². The maximum atomic E-state index is 8.62. The van der Waals surface area contributed by atoms with E-state index in [0.717, 1.165) is 231 Å². The van der Waals surface area contributed by atoms with Crippen LogP contribution in [0.3, 0.4) is 0 Å². The highest BCUT2D eigenvalue weighted by molar-refractivity contribution is 6.22. The average molecular weight is 1730 g/mol. The van der Waals surface area contributed by atoms with Crippen molar-refractivity contribution in [3.63, 3.8) is 0 Å². The molecule has 14 aromatic heterocycles. The minimum atomic E-state index is -0.666. The van der Waals surface area contributed by atoms with Crippen molar-refractivity contribution >= 4 is 175 Å². The third kappa shape index (κ3) is 14.0. The van der Waals surface area contributed by atoms with E-state index in [0.29, 0.717) is 0 Å². The third-order valence-corrected chi connectivity index (χ3v) is 26.9. The quantitative estimate of drug-likeness (QED) is 0.149. The van der Waals surface area contributed by atoms with Crippen molar-refractivity contribution in [3.05, 3.63) is 380 Å². The fourth-order valence-corrected chi connectivity index (χ4v) is 19.9. The molecule has 0 aliphatic heterocycles. The molecule has 0 fully saturated rings. The largest absolute Gasteiger partial charge is 0.454 e. The van der Waals surface area contributed by atoms with Crippen LogP contribution in [-0.4, -0.2) is 19.9 Å². The fourth-order valence-electron chi connectivity index (χ4n) is 19.9. The normalized spacial score (nSPS) is 11.9. The molecule has 642 valence electrons. The molecule has 0 amide bonds. The van der Waals surface area contributed by atoms with E-state index < -0.39 is 5.89 Å². The zero-order valence-corrected chi connectivity index (χ0v) is 76.4. The fraction of sp³-hybridized carbons (Fsp3) is 0.118. The first-order valence-electron chi connectivity index (χ1n) is 45.5. The van der Waals surface area contributed by atoms with Crippen molar-refractivity contribution in [1.82, 2.24) is 19.9 Å². The van der Waals surface area contributed by atoms with Gasteiger partial charge in [-0.3, -0.25) is 19.9 Å². The second kappa shape index (κ2) is 33.2. The summed E-state index contributed by atoms with van der Waals surface area (Å²) in [5.74, 6) is -0.666. The molecule has 0 spiro atoms. The molecule has 0 atom stereocenters. The molecular weight excluding hydrogens is 1640 g/mol. The second-order valence-corrected chi connectivity index (χ2v) is 35.2. The molecule has 14 heterocycles. The molecule has 0 saturated heterocycles. The highest BCUT2D eigenvalue weighted by atomic mass is 16.3. The van der Waals surface area contributed by atoms with E-state index in [9.17, 15) is 0 Å². The van der Waals surface area contributed by atoms with Gasteiger partial charge >= 0.3 is 0 Å².